The summed E-state index contributed by atoms with van der Waals surface area (Å²) >= 11 is 0. The van der Waals surface area contributed by atoms with E-state index in [1.54, 1.807) is 32.9 Å². The SMILES string of the molecule is CC(C)(C)OC(=O)NC(Cc1ccc(O)cc1)C(=O)O.COC(=O)C(N)Cc1ccccc1.NC(Cc1c[nH]c2ccccc12)C(=O)O.O=C(O)[C@@H]1CCCN1. The fraction of sp³-hybridized carbons (Fsp3) is 0.375. The molecule has 1 amide bonds. The number of hydrogen-bond acceptors (Lipinski definition) is 11. The molecule has 3 aromatic carbocycles. The van der Waals surface area contributed by atoms with Crippen molar-refractivity contribution in [2.24, 2.45) is 11.5 Å². The number of hydrogen-bond donors (Lipinski definition) is 9. The van der Waals surface area contributed by atoms with Gasteiger partial charge in [-0.25, -0.2) is 9.59 Å². The molecule has 16 nitrogen and oxygen atoms in total. The van der Waals surface area contributed by atoms with Crippen molar-refractivity contribution >= 4 is 40.9 Å². The zero-order valence-corrected chi connectivity index (χ0v) is 31.9. The molecule has 1 fully saturated rings. The third kappa shape index (κ3) is 17.4. The molecule has 11 N–H and O–H groups in total. The lowest BCUT2D eigenvalue weighted by Gasteiger charge is -2.22. The van der Waals surface area contributed by atoms with E-state index in [-0.39, 0.29) is 24.2 Å². The van der Waals surface area contributed by atoms with Crippen LogP contribution in [0.3, 0.4) is 0 Å². The molecule has 3 unspecified atom stereocenters. The molecule has 1 saturated heterocycles. The first kappa shape index (κ1) is 46.2. The molecule has 1 aliphatic rings. The number of carbonyl (C=O) groups excluding carboxylic acids is 2. The van der Waals surface area contributed by atoms with Gasteiger partial charge in [-0.2, -0.15) is 0 Å². The smallest absolute Gasteiger partial charge is 0.408 e. The molecule has 1 aromatic heterocycles. The van der Waals surface area contributed by atoms with Crippen molar-refractivity contribution < 1.29 is 53.9 Å². The molecule has 1 aliphatic heterocycles. The Morgan fingerprint density at radius 2 is 1.43 bits per heavy atom. The van der Waals surface area contributed by atoms with Crippen molar-refractivity contribution in [3.8, 4) is 5.75 Å². The molecular formula is C40H53N5O11. The van der Waals surface area contributed by atoms with Gasteiger partial charge in [-0.15, -0.1) is 0 Å². The normalized spacial score (nSPS) is 14.8. The van der Waals surface area contributed by atoms with Gasteiger partial charge in [0.15, 0.2) is 0 Å². The predicted molar refractivity (Wildman–Crippen MR) is 209 cm³/mol. The van der Waals surface area contributed by atoms with Crippen LogP contribution in [0.2, 0.25) is 0 Å². The zero-order chi connectivity index (χ0) is 41.8. The number of amides is 1. The number of esters is 1. The van der Waals surface area contributed by atoms with E-state index >= 15 is 0 Å². The topological polar surface area (TPSA) is 277 Å². The number of para-hydroxylation sites is 1. The highest BCUT2D eigenvalue weighted by atomic mass is 16.6. The van der Waals surface area contributed by atoms with E-state index in [4.69, 9.17) is 36.6 Å². The Bertz CT molecular complexity index is 1840. The predicted octanol–water partition coefficient (Wildman–Crippen LogP) is 3.59. The van der Waals surface area contributed by atoms with Crippen molar-refractivity contribution in [1.29, 1.82) is 0 Å². The van der Waals surface area contributed by atoms with Gasteiger partial charge in [0.2, 0.25) is 0 Å². The maximum absolute atomic E-state index is 11.6. The molecule has 2 heterocycles. The number of alkyl carbamates (subject to hydrolysis) is 1. The average molecular weight is 780 g/mol. The molecule has 56 heavy (non-hydrogen) atoms. The second-order valence-electron chi connectivity index (χ2n) is 13.7. The van der Waals surface area contributed by atoms with Crippen LogP contribution in [0.15, 0.2) is 85.1 Å². The number of phenols is 1. The number of benzene rings is 3. The van der Waals surface area contributed by atoms with Crippen molar-refractivity contribution in [3.05, 3.63) is 102 Å². The van der Waals surface area contributed by atoms with Gasteiger partial charge in [0.05, 0.1) is 7.11 Å². The molecule has 16 heteroatoms. The summed E-state index contributed by atoms with van der Waals surface area (Å²) in [5.74, 6) is -3.11. The Morgan fingerprint density at radius 3 is 1.95 bits per heavy atom. The second kappa shape index (κ2) is 23.1. The highest BCUT2D eigenvalue weighted by molar-refractivity contribution is 5.84. The van der Waals surface area contributed by atoms with Crippen molar-refractivity contribution in [3.63, 3.8) is 0 Å². The molecular weight excluding hydrogens is 726 g/mol. The lowest BCUT2D eigenvalue weighted by molar-refractivity contribution is -0.142. The lowest BCUT2D eigenvalue weighted by Crippen LogP contribution is -2.44. The Kier molecular flexibility index (Phi) is 19.0. The summed E-state index contributed by atoms with van der Waals surface area (Å²) in [5, 5.41) is 41.6. The van der Waals surface area contributed by atoms with E-state index in [0.717, 1.165) is 41.4 Å². The van der Waals surface area contributed by atoms with Gasteiger partial charge in [-0.1, -0.05) is 60.7 Å². The van der Waals surface area contributed by atoms with Crippen molar-refractivity contribution in [2.75, 3.05) is 13.7 Å². The summed E-state index contributed by atoms with van der Waals surface area (Å²) in [7, 11) is 1.34. The number of carbonyl (C=O) groups is 5. The number of methoxy groups -OCH3 is 1. The Morgan fingerprint density at radius 1 is 0.821 bits per heavy atom. The number of carboxylic acid groups (broad SMARTS) is 3. The van der Waals surface area contributed by atoms with Crippen LogP contribution in [-0.2, 0) is 47.9 Å². The highest BCUT2D eigenvalue weighted by Gasteiger charge is 2.24. The van der Waals surface area contributed by atoms with Crippen LogP contribution >= 0.6 is 0 Å². The first-order chi connectivity index (χ1) is 26.4. The lowest BCUT2D eigenvalue weighted by atomic mass is 10.1. The van der Waals surface area contributed by atoms with Crippen LogP contribution in [-0.4, -0.2) is 98.8 Å². The number of aromatic hydroxyl groups is 1. The number of ether oxygens (including phenoxy) is 2. The average Bonchev–Trinajstić information content (AvgIpc) is 3.84. The molecule has 0 spiro atoms. The van der Waals surface area contributed by atoms with Crippen LogP contribution in [0.1, 0.15) is 50.3 Å². The van der Waals surface area contributed by atoms with Crippen molar-refractivity contribution in [2.45, 2.75) is 82.6 Å². The summed E-state index contributed by atoms with van der Waals surface area (Å²) in [4.78, 5) is 57.6. The van der Waals surface area contributed by atoms with Gasteiger partial charge in [0.1, 0.15) is 35.5 Å². The van der Waals surface area contributed by atoms with Crippen molar-refractivity contribution in [1.82, 2.24) is 15.6 Å². The fourth-order valence-corrected chi connectivity index (χ4v) is 5.14. The maximum atomic E-state index is 11.6. The number of rotatable bonds is 11. The van der Waals surface area contributed by atoms with E-state index in [0.29, 0.717) is 18.4 Å². The van der Waals surface area contributed by atoms with Crippen LogP contribution in [0.25, 0.3) is 10.9 Å². The number of nitrogens with one attached hydrogen (secondary N) is 3. The molecule has 4 atom stereocenters. The largest absolute Gasteiger partial charge is 0.508 e. The Labute approximate surface area is 325 Å². The minimum absolute atomic E-state index is 0.0979. The number of phenolic OH excluding ortho intramolecular Hbond substituents is 1. The van der Waals surface area contributed by atoms with E-state index in [1.807, 2.05) is 60.8 Å². The van der Waals surface area contributed by atoms with E-state index in [2.05, 4.69) is 20.4 Å². The van der Waals surface area contributed by atoms with Gasteiger partial charge < -0.3 is 57.0 Å². The Balaban J connectivity index is 0.000000269. The number of aliphatic carboxylic acids is 3. The number of H-pyrrole nitrogens is 1. The van der Waals surface area contributed by atoms with Gasteiger partial charge in [-0.05, 0) is 81.5 Å². The summed E-state index contributed by atoms with van der Waals surface area (Å²) in [6.45, 7) is 5.95. The summed E-state index contributed by atoms with van der Waals surface area (Å²) in [5.41, 5.74) is 14.1. The van der Waals surface area contributed by atoms with Gasteiger partial charge >= 0.3 is 30.0 Å². The molecule has 304 valence electrons. The molecule has 0 aliphatic carbocycles. The van der Waals surface area contributed by atoms with Gasteiger partial charge in [0.25, 0.3) is 0 Å². The maximum Gasteiger partial charge on any atom is 0.408 e. The molecule has 0 radical (unpaired) electrons. The van der Waals surface area contributed by atoms with Crippen LogP contribution in [0.5, 0.6) is 5.75 Å². The summed E-state index contributed by atoms with van der Waals surface area (Å²) in [6, 6.07) is 20.7. The first-order valence-corrected chi connectivity index (χ1v) is 17.8. The number of aromatic nitrogens is 1. The first-order valence-electron chi connectivity index (χ1n) is 17.8. The molecule has 4 aromatic rings. The minimum atomic E-state index is -1.15. The monoisotopic (exact) mass is 779 g/mol. The second-order valence-corrected chi connectivity index (χ2v) is 13.7. The number of aromatic amines is 1. The van der Waals surface area contributed by atoms with Crippen LogP contribution < -0.4 is 22.1 Å². The third-order valence-electron chi connectivity index (χ3n) is 7.96. The molecule has 0 bridgehead atoms. The standard InChI is InChI=1S/C14H19NO5.C11H12N2O2.C10H13NO2.C5H9NO2/c1-14(2,3)20-13(19)15-11(12(17)18)8-9-4-6-10(16)7-5-9;12-9(11(14)15)5-7-6-13-10-4-2-1-3-8(7)10;1-13-10(12)9(11)7-8-5-3-2-4-6-8;7-5(8)4-2-1-3-6-4/h4-7,11,16H,8H2,1-3H3,(H,15,19)(H,17,18);1-4,6,9,13H,5,12H2,(H,14,15);2-6,9H,7,11H2,1H3;4,6H,1-3H2,(H,7,8)/t;;;4-/m...0/s1. The third-order valence-corrected chi connectivity index (χ3v) is 7.96. The summed E-state index contributed by atoms with van der Waals surface area (Å²) in [6.07, 6.45) is 3.80. The van der Waals surface area contributed by atoms with E-state index < -0.39 is 47.7 Å². The Hall–Kier alpha value is -5.97. The number of carboxylic acids is 3. The number of nitrogens with two attached hydrogens (primary N) is 2. The minimum Gasteiger partial charge on any atom is -0.508 e. The van der Waals surface area contributed by atoms with Gasteiger partial charge in [-0.3, -0.25) is 14.4 Å². The highest BCUT2D eigenvalue weighted by Crippen LogP contribution is 2.19. The van der Waals surface area contributed by atoms with E-state index in [1.165, 1.54) is 19.2 Å². The summed E-state index contributed by atoms with van der Waals surface area (Å²) < 4.78 is 9.54. The quantitative estimate of drug-likeness (QED) is 0.0985. The number of fused-ring (bicyclic) bond motifs is 1. The molecule has 5 rings (SSSR count). The van der Waals surface area contributed by atoms with Gasteiger partial charge in [0, 0.05) is 29.9 Å². The molecule has 0 saturated carbocycles. The van der Waals surface area contributed by atoms with Crippen LogP contribution in [0, 0.1) is 0 Å². The van der Waals surface area contributed by atoms with E-state index in [9.17, 15) is 24.0 Å². The zero-order valence-electron chi connectivity index (χ0n) is 31.9. The van der Waals surface area contributed by atoms with Crippen LogP contribution in [0.4, 0.5) is 4.79 Å². The fourth-order valence-electron chi connectivity index (χ4n) is 5.14.